The van der Waals surface area contributed by atoms with E-state index in [-0.39, 0.29) is 0 Å². The topological polar surface area (TPSA) is 67.6 Å². The number of aromatic nitrogens is 3. The second kappa shape index (κ2) is 2.61. The van der Waals surface area contributed by atoms with Crippen LogP contribution in [-0.2, 0) is 5.92 Å². The highest BCUT2D eigenvalue weighted by atomic mass is 19.3. The molecule has 0 atom stereocenters. The number of nitrogens with one attached hydrogen (secondary N) is 1. The molecule has 1 aromatic heterocycles. The lowest BCUT2D eigenvalue weighted by Crippen LogP contribution is -2.25. The first-order valence-corrected chi connectivity index (χ1v) is 2.79. The van der Waals surface area contributed by atoms with E-state index in [1.54, 1.807) is 5.10 Å². The van der Waals surface area contributed by atoms with Gasteiger partial charge in [0.1, 0.15) is 0 Å². The summed E-state index contributed by atoms with van der Waals surface area (Å²) in [5.74, 6) is -6.05. The third kappa shape index (κ3) is 1.31. The zero-order valence-corrected chi connectivity index (χ0v) is 5.56. The van der Waals surface area contributed by atoms with Crippen LogP contribution in [0, 0.1) is 0 Å². The molecule has 0 radical (unpaired) electrons. The largest absolute Gasteiger partial charge is 0.367 e. The SMILES string of the molecule is Nc1n[nH]c(C(F)(F)C(F)F)n1. The van der Waals surface area contributed by atoms with Crippen LogP contribution in [0.5, 0.6) is 0 Å². The molecular formula is C4H4F4N4. The van der Waals surface area contributed by atoms with Crippen LogP contribution >= 0.6 is 0 Å². The quantitative estimate of drug-likeness (QED) is 0.666. The average molecular weight is 184 g/mol. The van der Waals surface area contributed by atoms with Crippen LogP contribution < -0.4 is 5.73 Å². The maximum absolute atomic E-state index is 12.4. The molecule has 0 aliphatic heterocycles. The van der Waals surface area contributed by atoms with Crippen molar-refractivity contribution < 1.29 is 17.6 Å². The number of nitrogens with two attached hydrogens (primary N) is 1. The molecule has 0 fully saturated rings. The zero-order valence-electron chi connectivity index (χ0n) is 5.56. The van der Waals surface area contributed by atoms with E-state index in [9.17, 15) is 17.6 Å². The minimum atomic E-state index is -4.33. The Hall–Kier alpha value is -1.34. The highest BCUT2D eigenvalue weighted by molar-refractivity contribution is 5.15. The van der Waals surface area contributed by atoms with Gasteiger partial charge in [-0.15, -0.1) is 5.10 Å². The molecule has 1 heterocycles. The number of halogens is 4. The number of anilines is 1. The van der Waals surface area contributed by atoms with Crippen molar-refractivity contribution in [3.05, 3.63) is 5.82 Å². The van der Waals surface area contributed by atoms with E-state index in [2.05, 4.69) is 10.1 Å². The first-order chi connectivity index (χ1) is 5.44. The van der Waals surface area contributed by atoms with Crippen LogP contribution in [0.25, 0.3) is 0 Å². The predicted molar refractivity (Wildman–Crippen MR) is 30.7 cm³/mol. The summed E-state index contributed by atoms with van der Waals surface area (Å²) in [4.78, 5) is 2.88. The van der Waals surface area contributed by atoms with E-state index in [1.807, 2.05) is 0 Å². The van der Waals surface area contributed by atoms with Crippen LogP contribution in [0.4, 0.5) is 23.5 Å². The molecule has 0 spiro atoms. The Morgan fingerprint density at radius 2 is 2.00 bits per heavy atom. The Kier molecular flexibility index (Phi) is 1.90. The van der Waals surface area contributed by atoms with Gasteiger partial charge in [0.05, 0.1) is 0 Å². The number of nitrogens with zero attached hydrogens (tertiary/aromatic N) is 2. The summed E-state index contributed by atoms with van der Waals surface area (Å²) in [5, 5.41) is 4.60. The maximum Gasteiger partial charge on any atom is 0.365 e. The second-order valence-electron chi connectivity index (χ2n) is 1.97. The minimum absolute atomic E-state index is 0.495. The third-order valence-electron chi connectivity index (χ3n) is 1.09. The molecule has 3 N–H and O–H groups in total. The monoisotopic (exact) mass is 184 g/mol. The van der Waals surface area contributed by atoms with Gasteiger partial charge in [0.15, 0.2) is 0 Å². The van der Waals surface area contributed by atoms with Gasteiger partial charge >= 0.3 is 12.3 Å². The lowest BCUT2D eigenvalue weighted by molar-refractivity contribution is -0.140. The molecular weight excluding hydrogens is 180 g/mol. The number of nitrogen functional groups attached to an aromatic ring is 1. The Labute approximate surface area is 63.8 Å². The average Bonchev–Trinajstić information content (AvgIpc) is 2.35. The van der Waals surface area contributed by atoms with Gasteiger partial charge in [-0.25, -0.2) is 8.78 Å². The van der Waals surface area contributed by atoms with Crippen LogP contribution in [-0.4, -0.2) is 21.6 Å². The molecule has 0 saturated carbocycles. The molecule has 68 valence electrons. The van der Waals surface area contributed by atoms with Crippen molar-refractivity contribution in [2.45, 2.75) is 12.3 Å². The lowest BCUT2D eigenvalue weighted by atomic mass is 10.3. The van der Waals surface area contributed by atoms with Crippen LogP contribution in [0.3, 0.4) is 0 Å². The Balaban J connectivity index is 2.97. The van der Waals surface area contributed by atoms with Gasteiger partial charge < -0.3 is 5.73 Å². The summed E-state index contributed by atoms with van der Waals surface area (Å²) in [7, 11) is 0. The van der Waals surface area contributed by atoms with Gasteiger partial charge in [-0.2, -0.15) is 13.8 Å². The van der Waals surface area contributed by atoms with E-state index in [0.29, 0.717) is 0 Å². The summed E-state index contributed by atoms with van der Waals surface area (Å²) >= 11 is 0. The summed E-state index contributed by atoms with van der Waals surface area (Å²) < 4.78 is 48.0. The number of aromatic amines is 1. The van der Waals surface area contributed by atoms with Gasteiger partial charge in [-0.1, -0.05) is 0 Å². The molecule has 0 amide bonds. The first-order valence-electron chi connectivity index (χ1n) is 2.79. The van der Waals surface area contributed by atoms with Crippen molar-refractivity contribution in [3.8, 4) is 0 Å². The van der Waals surface area contributed by atoms with Crippen molar-refractivity contribution in [1.29, 1.82) is 0 Å². The van der Waals surface area contributed by atoms with Crippen LogP contribution in [0.2, 0.25) is 0 Å². The van der Waals surface area contributed by atoms with E-state index < -0.39 is 24.1 Å². The number of hydrogen-bond acceptors (Lipinski definition) is 3. The molecule has 0 aromatic carbocycles. The molecule has 1 rings (SSSR count). The van der Waals surface area contributed by atoms with Gasteiger partial charge in [-0.3, -0.25) is 5.10 Å². The molecule has 4 nitrogen and oxygen atoms in total. The van der Waals surface area contributed by atoms with Gasteiger partial charge in [0.25, 0.3) is 0 Å². The second-order valence-corrected chi connectivity index (χ2v) is 1.97. The Morgan fingerprint density at radius 1 is 1.42 bits per heavy atom. The third-order valence-corrected chi connectivity index (χ3v) is 1.09. The molecule has 0 aliphatic rings. The van der Waals surface area contributed by atoms with E-state index in [0.717, 1.165) is 0 Å². The fourth-order valence-electron chi connectivity index (χ4n) is 0.527. The number of rotatable bonds is 2. The molecule has 1 aromatic rings. The van der Waals surface area contributed by atoms with Crippen molar-refractivity contribution >= 4 is 5.95 Å². The molecule has 0 unspecified atom stereocenters. The van der Waals surface area contributed by atoms with Crippen LogP contribution in [0.15, 0.2) is 0 Å². The predicted octanol–water partition coefficient (Wildman–Crippen LogP) is 0.744. The van der Waals surface area contributed by atoms with Crippen molar-refractivity contribution in [2.75, 3.05) is 5.73 Å². The van der Waals surface area contributed by atoms with Crippen molar-refractivity contribution in [2.24, 2.45) is 0 Å². The standard InChI is InChI=1S/C4H4F4N4/c5-1(6)4(7,8)2-10-3(9)12-11-2/h1H,(H3,9,10,11,12). The van der Waals surface area contributed by atoms with Gasteiger partial charge in [0, 0.05) is 0 Å². The lowest BCUT2D eigenvalue weighted by Gasteiger charge is -2.10. The van der Waals surface area contributed by atoms with E-state index in [4.69, 9.17) is 5.73 Å². The smallest absolute Gasteiger partial charge is 0.365 e. The minimum Gasteiger partial charge on any atom is -0.367 e. The fraction of sp³-hybridized carbons (Fsp3) is 0.500. The van der Waals surface area contributed by atoms with Gasteiger partial charge in [0.2, 0.25) is 11.8 Å². The fourth-order valence-corrected chi connectivity index (χ4v) is 0.527. The summed E-state index contributed by atoms with van der Waals surface area (Å²) in [5.41, 5.74) is 4.84. The van der Waals surface area contributed by atoms with E-state index in [1.165, 1.54) is 0 Å². The molecule has 0 bridgehead atoms. The van der Waals surface area contributed by atoms with Crippen LogP contribution in [0.1, 0.15) is 5.82 Å². The summed E-state index contributed by atoms with van der Waals surface area (Å²) in [6.07, 6.45) is -3.83. The van der Waals surface area contributed by atoms with E-state index >= 15 is 0 Å². The normalized spacial score (nSPS) is 12.4. The molecule has 8 heteroatoms. The van der Waals surface area contributed by atoms with Crippen molar-refractivity contribution in [3.63, 3.8) is 0 Å². The molecule has 12 heavy (non-hydrogen) atoms. The summed E-state index contributed by atoms with van der Waals surface area (Å²) in [6, 6.07) is 0. The maximum atomic E-state index is 12.4. The highest BCUT2D eigenvalue weighted by Crippen LogP contribution is 2.31. The Bertz CT molecular complexity index is 270. The zero-order chi connectivity index (χ0) is 9.35. The number of alkyl halides is 4. The number of H-pyrrole nitrogens is 1. The first kappa shape index (κ1) is 8.75. The van der Waals surface area contributed by atoms with Gasteiger partial charge in [-0.05, 0) is 0 Å². The summed E-state index contributed by atoms with van der Waals surface area (Å²) in [6.45, 7) is 0. The Morgan fingerprint density at radius 3 is 2.33 bits per heavy atom. The molecule has 0 saturated heterocycles. The number of hydrogen-bond donors (Lipinski definition) is 2. The van der Waals surface area contributed by atoms with Crippen molar-refractivity contribution in [1.82, 2.24) is 15.2 Å². The molecule has 0 aliphatic carbocycles. The highest BCUT2D eigenvalue weighted by Gasteiger charge is 2.46.